The molecule has 1 aromatic carbocycles. The van der Waals surface area contributed by atoms with E-state index in [1.54, 1.807) is 18.4 Å². The van der Waals surface area contributed by atoms with Crippen LogP contribution in [0, 0.1) is 12.8 Å². The van der Waals surface area contributed by atoms with Crippen molar-refractivity contribution in [3.05, 3.63) is 28.6 Å². The lowest BCUT2D eigenvalue weighted by molar-refractivity contribution is -0.124. The summed E-state index contributed by atoms with van der Waals surface area (Å²) in [5, 5.41) is 0. The molecule has 0 unspecified atom stereocenters. The van der Waals surface area contributed by atoms with Gasteiger partial charge in [0, 0.05) is 19.6 Å². The monoisotopic (exact) mass is 304 g/mol. The van der Waals surface area contributed by atoms with Crippen LogP contribution in [-0.4, -0.2) is 24.2 Å². The van der Waals surface area contributed by atoms with Crippen molar-refractivity contribution in [2.75, 3.05) is 13.7 Å². The van der Waals surface area contributed by atoms with Gasteiger partial charge in [0.2, 0.25) is 0 Å². The smallest absolute Gasteiger partial charge is 0.251 e. The number of amides is 1. The maximum Gasteiger partial charge on any atom is 0.251 e. The fourth-order valence-corrected chi connectivity index (χ4v) is 3.66. The summed E-state index contributed by atoms with van der Waals surface area (Å²) in [5.41, 5.74) is 2.35. The number of aromatic nitrogens is 1. The maximum atomic E-state index is 12.2. The minimum Gasteiger partial charge on any atom is -0.383 e. The predicted octanol–water partition coefficient (Wildman–Crippen LogP) is 2.89. The van der Waals surface area contributed by atoms with Crippen LogP contribution in [0.4, 0.5) is 0 Å². The Bertz CT molecular complexity index is 725. The largest absolute Gasteiger partial charge is 0.383 e. The Morgan fingerprint density at radius 2 is 2.29 bits per heavy atom. The molecule has 0 bridgehead atoms. The van der Waals surface area contributed by atoms with E-state index >= 15 is 0 Å². The average molecular weight is 304 g/mol. The normalized spacial score (nSPS) is 16.4. The van der Waals surface area contributed by atoms with Crippen molar-refractivity contribution in [1.29, 1.82) is 0 Å². The first-order chi connectivity index (χ1) is 10.2. The molecule has 1 aliphatic carbocycles. The second-order valence-corrected chi connectivity index (χ2v) is 6.59. The van der Waals surface area contributed by atoms with Gasteiger partial charge in [-0.25, -0.2) is 0 Å². The van der Waals surface area contributed by atoms with Crippen LogP contribution < -0.4 is 4.80 Å². The Labute approximate surface area is 128 Å². The highest BCUT2D eigenvalue weighted by molar-refractivity contribution is 7.16. The summed E-state index contributed by atoms with van der Waals surface area (Å²) < 4.78 is 8.45. The first-order valence-electron chi connectivity index (χ1n) is 7.36. The summed E-state index contributed by atoms with van der Waals surface area (Å²) in [7, 11) is 1.69. The van der Waals surface area contributed by atoms with Gasteiger partial charge in [0.05, 0.1) is 16.8 Å². The number of benzene rings is 1. The summed E-state index contributed by atoms with van der Waals surface area (Å²) in [6, 6.07) is 6.34. The first-order valence-corrected chi connectivity index (χ1v) is 8.18. The number of carbonyl (C=O) groups excluding carboxylic acids is 1. The number of nitrogens with zero attached hydrogens (tertiary/aromatic N) is 2. The van der Waals surface area contributed by atoms with Gasteiger partial charge in [-0.2, -0.15) is 4.99 Å². The lowest BCUT2D eigenvalue weighted by atomic mass is 9.85. The van der Waals surface area contributed by atoms with E-state index in [1.807, 2.05) is 0 Å². The third kappa shape index (κ3) is 2.94. The molecule has 5 heteroatoms. The molecule has 1 amide bonds. The summed E-state index contributed by atoms with van der Waals surface area (Å²) in [6.45, 7) is 3.41. The van der Waals surface area contributed by atoms with Gasteiger partial charge in [-0.3, -0.25) is 4.79 Å². The van der Waals surface area contributed by atoms with E-state index in [0.717, 1.165) is 36.1 Å². The van der Waals surface area contributed by atoms with Gasteiger partial charge in [0.15, 0.2) is 4.80 Å². The van der Waals surface area contributed by atoms with Crippen molar-refractivity contribution in [3.8, 4) is 0 Å². The molecule has 0 atom stereocenters. The lowest BCUT2D eigenvalue weighted by Gasteiger charge is -2.20. The van der Waals surface area contributed by atoms with Gasteiger partial charge < -0.3 is 9.30 Å². The van der Waals surface area contributed by atoms with Crippen molar-refractivity contribution in [2.24, 2.45) is 10.9 Å². The molecule has 0 spiro atoms. The van der Waals surface area contributed by atoms with Crippen molar-refractivity contribution in [3.63, 3.8) is 0 Å². The van der Waals surface area contributed by atoms with Gasteiger partial charge >= 0.3 is 0 Å². The van der Waals surface area contributed by atoms with E-state index in [2.05, 4.69) is 34.7 Å². The SMILES string of the molecule is COCCn1c(=NC(=O)C2CCC2)sc2cc(C)ccc21. The predicted molar refractivity (Wildman–Crippen MR) is 84.3 cm³/mol. The zero-order valence-electron chi connectivity index (χ0n) is 12.5. The van der Waals surface area contributed by atoms with Crippen LogP contribution in [0.15, 0.2) is 23.2 Å². The van der Waals surface area contributed by atoms with E-state index in [1.165, 1.54) is 10.3 Å². The number of rotatable bonds is 4. The molecule has 1 aromatic heterocycles. The first kappa shape index (κ1) is 14.5. The van der Waals surface area contributed by atoms with Crippen LogP contribution in [0.3, 0.4) is 0 Å². The number of ether oxygens (including phenoxy) is 1. The van der Waals surface area contributed by atoms with E-state index in [4.69, 9.17) is 4.74 Å². The Hall–Kier alpha value is -1.46. The molecule has 0 aliphatic heterocycles. The van der Waals surface area contributed by atoms with Gasteiger partial charge in [0.25, 0.3) is 5.91 Å². The van der Waals surface area contributed by atoms with Gasteiger partial charge in [-0.05, 0) is 37.5 Å². The summed E-state index contributed by atoms with van der Waals surface area (Å²) >= 11 is 1.59. The number of thiazole rings is 1. The Morgan fingerprint density at radius 1 is 1.48 bits per heavy atom. The molecule has 0 radical (unpaired) electrons. The molecular formula is C16H20N2O2S. The zero-order chi connectivity index (χ0) is 14.8. The van der Waals surface area contributed by atoms with Gasteiger partial charge in [-0.15, -0.1) is 0 Å². The number of carbonyl (C=O) groups is 1. The number of methoxy groups -OCH3 is 1. The van der Waals surface area contributed by atoms with E-state index in [9.17, 15) is 4.79 Å². The molecular weight excluding hydrogens is 284 g/mol. The summed E-state index contributed by atoms with van der Waals surface area (Å²) in [4.78, 5) is 17.3. The van der Waals surface area contributed by atoms with Crippen molar-refractivity contribution in [2.45, 2.75) is 32.7 Å². The van der Waals surface area contributed by atoms with Crippen LogP contribution in [0.1, 0.15) is 24.8 Å². The fourth-order valence-electron chi connectivity index (χ4n) is 2.51. The van der Waals surface area contributed by atoms with Crippen LogP contribution in [0.25, 0.3) is 10.2 Å². The highest BCUT2D eigenvalue weighted by Crippen LogP contribution is 2.27. The molecule has 2 aromatic rings. The van der Waals surface area contributed by atoms with Gasteiger partial charge in [0.1, 0.15) is 0 Å². The number of fused-ring (bicyclic) bond motifs is 1. The molecule has 1 saturated carbocycles. The lowest BCUT2D eigenvalue weighted by Crippen LogP contribution is -2.25. The van der Waals surface area contributed by atoms with Crippen LogP contribution in [0.2, 0.25) is 0 Å². The molecule has 1 aliphatic rings. The van der Waals surface area contributed by atoms with Crippen molar-refractivity contribution >= 4 is 27.5 Å². The quantitative estimate of drug-likeness (QED) is 0.871. The highest BCUT2D eigenvalue weighted by atomic mass is 32.1. The number of hydrogen-bond acceptors (Lipinski definition) is 3. The van der Waals surface area contributed by atoms with Crippen molar-refractivity contribution in [1.82, 2.24) is 4.57 Å². The molecule has 1 fully saturated rings. The second kappa shape index (κ2) is 6.12. The number of aryl methyl sites for hydroxylation is 1. The minimum absolute atomic E-state index is 0.0377. The van der Waals surface area contributed by atoms with Crippen molar-refractivity contribution < 1.29 is 9.53 Å². The fraction of sp³-hybridized carbons (Fsp3) is 0.500. The van der Waals surface area contributed by atoms with Crippen LogP contribution in [0.5, 0.6) is 0 Å². The summed E-state index contributed by atoms with van der Waals surface area (Å²) in [5.74, 6) is 0.184. The average Bonchev–Trinajstić information content (AvgIpc) is 2.70. The maximum absolute atomic E-state index is 12.2. The number of hydrogen-bond donors (Lipinski definition) is 0. The van der Waals surface area contributed by atoms with E-state index < -0.39 is 0 Å². The van der Waals surface area contributed by atoms with E-state index in [-0.39, 0.29) is 11.8 Å². The standard InChI is InChI=1S/C16H20N2O2S/c1-11-6-7-13-14(10-11)21-16(18(13)8-9-20-2)17-15(19)12-4-3-5-12/h6-7,10,12H,3-5,8-9H2,1-2H3. The van der Waals surface area contributed by atoms with Crippen LogP contribution >= 0.6 is 11.3 Å². The Morgan fingerprint density at radius 3 is 2.95 bits per heavy atom. The molecule has 4 nitrogen and oxygen atoms in total. The Balaban J connectivity index is 2.06. The third-order valence-electron chi connectivity index (χ3n) is 4.02. The third-order valence-corrected chi connectivity index (χ3v) is 5.06. The van der Waals surface area contributed by atoms with Crippen LogP contribution in [-0.2, 0) is 16.1 Å². The molecule has 0 saturated heterocycles. The minimum atomic E-state index is 0.0377. The molecule has 0 N–H and O–H groups in total. The summed E-state index contributed by atoms with van der Waals surface area (Å²) in [6.07, 6.45) is 3.13. The Kier molecular flexibility index (Phi) is 4.22. The van der Waals surface area contributed by atoms with E-state index in [0.29, 0.717) is 6.61 Å². The second-order valence-electron chi connectivity index (χ2n) is 5.58. The zero-order valence-corrected chi connectivity index (χ0v) is 13.3. The molecule has 1 heterocycles. The molecule has 21 heavy (non-hydrogen) atoms. The highest BCUT2D eigenvalue weighted by Gasteiger charge is 2.25. The molecule has 112 valence electrons. The molecule has 3 rings (SSSR count). The van der Waals surface area contributed by atoms with Gasteiger partial charge in [-0.1, -0.05) is 23.8 Å². The topological polar surface area (TPSA) is 43.6 Å².